The monoisotopic (exact) mass is 331 g/mol. The molecule has 1 heterocycles. The van der Waals surface area contributed by atoms with Crippen molar-refractivity contribution in [1.29, 1.82) is 0 Å². The van der Waals surface area contributed by atoms with E-state index in [1.54, 1.807) is 0 Å². The Balaban J connectivity index is 2.39. The van der Waals surface area contributed by atoms with Gasteiger partial charge in [-0.1, -0.05) is 13.8 Å². The molecule has 1 aromatic heterocycles. The number of rotatable bonds is 8. The summed E-state index contributed by atoms with van der Waals surface area (Å²) < 4.78 is 6.00. The van der Waals surface area contributed by atoms with Crippen LogP contribution < -0.4 is 5.32 Å². The third-order valence-corrected chi connectivity index (χ3v) is 2.84. The van der Waals surface area contributed by atoms with Crippen LogP contribution in [-0.4, -0.2) is 29.7 Å². The van der Waals surface area contributed by atoms with Gasteiger partial charge in [0.15, 0.2) is 0 Å². The zero-order valence-electron chi connectivity index (χ0n) is 11.1. The summed E-state index contributed by atoms with van der Waals surface area (Å²) in [7, 11) is 0. The average Bonchev–Trinajstić information content (AvgIpc) is 2.34. The van der Waals surface area contributed by atoms with E-state index in [1.807, 2.05) is 0 Å². The largest absolute Gasteiger partial charge is 0.380 e. The van der Waals surface area contributed by atoms with E-state index in [2.05, 4.69) is 40.1 Å². The fraction of sp³-hybridized carbons (Fsp3) is 0.583. The maximum absolute atomic E-state index is 10.9. The number of hydrogen-bond donors (Lipinski definition) is 1. The van der Waals surface area contributed by atoms with Crippen LogP contribution in [0, 0.1) is 16.0 Å². The van der Waals surface area contributed by atoms with Gasteiger partial charge in [-0.25, -0.2) is 4.98 Å². The summed E-state index contributed by atoms with van der Waals surface area (Å²) in [5, 5.41) is 13.8. The van der Waals surface area contributed by atoms with E-state index >= 15 is 0 Å². The molecule has 1 rings (SSSR count). The number of hydrogen-bond acceptors (Lipinski definition) is 5. The quantitative estimate of drug-likeness (QED) is 0.449. The van der Waals surface area contributed by atoms with Crippen molar-refractivity contribution in [3.8, 4) is 0 Å². The highest BCUT2D eigenvalue weighted by atomic mass is 79.9. The van der Waals surface area contributed by atoms with Crippen molar-refractivity contribution < 1.29 is 9.66 Å². The van der Waals surface area contributed by atoms with E-state index < -0.39 is 4.92 Å². The van der Waals surface area contributed by atoms with E-state index in [1.165, 1.54) is 12.3 Å². The van der Waals surface area contributed by atoms with Gasteiger partial charge >= 0.3 is 5.69 Å². The molecule has 0 unspecified atom stereocenters. The van der Waals surface area contributed by atoms with E-state index in [0.29, 0.717) is 30.1 Å². The zero-order valence-corrected chi connectivity index (χ0v) is 12.6. The first-order chi connectivity index (χ1) is 9.00. The molecule has 0 atom stereocenters. The molecule has 6 nitrogen and oxygen atoms in total. The zero-order chi connectivity index (χ0) is 14.3. The minimum atomic E-state index is -0.459. The van der Waals surface area contributed by atoms with E-state index in [-0.39, 0.29) is 11.5 Å². The van der Waals surface area contributed by atoms with Gasteiger partial charge in [0.05, 0.1) is 11.5 Å². The number of nitrogens with zero attached hydrogens (tertiary/aromatic N) is 2. The lowest BCUT2D eigenvalue weighted by molar-refractivity contribution is -0.384. The van der Waals surface area contributed by atoms with Crippen LogP contribution in [0.25, 0.3) is 0 Å². The average molecular weight is 332 g/mol. The summed E-state index contributed by atoms with van der Waals surface area (Å²) in [6, 6.07) is 1.43. The Morgan fingerprint density at radius 2 is 2.26 bits per heavy atom. The SMILES string of the molecule is CC(C)CCOCCNc1ncc(Br)cc1[N+](=O)[O-]. The van der Waals surface area contributed by atoms with Gasteiger partial charge in [-0.2, -0.15) is 0 Å². The van der Waals surface area contributed by atoms with Crippen molar-refractivity contribution in [3.05, 3.63) is 26.9 Å². The molecule has 0 aliphatic carbocycles. The van der Waals surface area contributed by atoms with Crippen LogP contribution in [0.2, 0.25) is 0 Å². The Kier molecular flexibility index (Phi) is 6.72. The lowest BCUT2D eigenvalue weighted by Gasteiger charge is -2.08. The van der Waals surface area contributed by atoms with Crippen molar-refractivity contribution in [1.82, 2.24) is 4.98 Å². The van der Waals surface area contributed by atoms with Crippen molar-refractivity contribution in [2.24, 2.45) is 5.92 Å². The smallest absolute Gasteiger partial charge is 0.312 e. The molecule has 0 aromatic carbocycles. The van der Waals surface area contributed by atoms with Gasteiger partial charge in [0.2, 0.25) is 5.82 Å². The first-order valence-corrected chi connectivity index (χ1v) is 6.91. The molecule has 0 bridgehead atoms. The molecule has 0 aliphatic rings. The molecule has 0 amide bonds. The molecule has 0 aliphatic heterocycles. The number of halogens is 1. The maximum Gasteiger partial charge on any atom is 0.312 e. The summed E-state index contributed by atoms with van der Waals surface area (Å²) >= 11 is 3.16. The van der Waals surface area contributed by atoms with Crippen LogP contribution in [0.5, 0.6) is 0 Å². The van der Waals surface area contributed by atoms with E-state index in [9.17, 15) is 10.1 Å². The molecular weight excluding hydrogens is 314 g/mol. The molecule has 0 spiro atoms. The van der Waals surface area contributed by atoms with Gasteiger partial charge in [-0.15, -0.1) is 0 Å². The Hall–Kier alpha value is -1.21. The number of aromatic nitrogens is 1. The Labute approximate surface area is 120 Å². The number of anilines is 1. The fourth-order valence-electron chi connectivity index (χ4n) is 1.37. The van der Waals surface area contributed by atoms with Crippen LogP contribution >= 0.6 is 15.9 Å². The van der Waals surface area contributed by atoms with Gasteiger partial charge < -0.3 is 10.1 Å². The van der Waals surface area contributed by atoms with Gasteiger partial charge in [-0.05, 0) is 28.3 Å². The van der Waals surface area contributed by atoms with E-state index in [4.69, 9.17) is 4.74 Å². The molecule has 0 saturated heterocycles. The summed E-state index contributed by atoms with van der Waals surface area (Å²) in [5.41, 5.74) is -0.0449. The molecule has 19 heavy (non-hydrogen) atoms. The van der Waals surface area contributed by atoms with Gasteiger partial charge in [0.1, 0.15) is 0 Å². The standard InChI is InChI=1S/C12H18BrN3O3/c1-9(2)3-5-19-6-4-14-12-11(16(17)18)7-10(13)8-15-12/h7-9H,3-6H2,1-2H3,(H,14,15). The Morgan fingerprint density at radius 3 is 2.89 bits per heavy atom. The molecule has 7 heteroatoms. The fourth-order valence-corrected chi connectivity index (χ4v) is 1.69. The summed E-state index contributed by atoms with van der Waals surface area (Å²) in [6.07, 6.45) is 2.53. The second-order valence-electron chi connectivity index (χ2n) is 4.50. The first-order valence-electron chi connectivity index (χ1n) is 6.12. The lowest BCUT2D eigenvalue weighted by atomic mass is 10.1. The number of nitrogens with one attached hydrogen (secondary N) is 1. The molecule has 106 valence electrons. The van der Waals surface area contributed by atoms with Crippen LogP contribution in [0.1, 0.15) is 20.3 Å². The normalized spacial score (nSPS) is 10.7. The summed E-state index contributed by atoms with van der Waals surface area (Å²) in [5.74, 6) is 0.878. The number of pyridine rings is 1. The molecule has 0 fully saturated rings. The predicted molar refractivity (Wildman–Crippen MR) is 77.4 cm³/mol. The summed E-state index contributed by atoms with van der Waals surface area (Å²) in [6.45, 7) is 5.97. The van der Waals surface area contributed by atoms with Crippen LogP contribution in [0.15, 0.2) is 16.7 Å². The first kappa shape index (κ1) is 15.8. The molecule has 1 N–H and O–H groups in total. The highest BCUT2D eigenvalue weighted by Gasteiger charge is 2.15. The van der Waals surface area contributed by atoms with Gasteiger partial charge in [-0.3, -0.25) is 10.1 Å². The van der Waals surface area contributed by atoms with Gasteiger partial charge in [0, 0.05) is 29.9 Å². The van der Waals surface area contributed by atoms with Gasteiger partial charge in [0.25, 0.3) is 0 Å². The van der Waals surface area contributed by atoms with Crippen molar-refractivity contribution in [2.75, 3.05) is 25.1 Å². The molecular formula is C12H18BrN3O3. The van der Waals surface area contributed by atoms with Crippen molar-refractivity contribution in [2.45, 2.75) is 20.3 Å². The van der Waals surface area contributed by atoms with E-state index in [0.717, 1.165) is 6.42 Å². The minimum Gasteiger partial charge on any atom is -0.380 e. The number of ether oxygens (including phenoxy) is 1. The van der Waals surface area contributed by atoms with Crippen LogP contribution in [0.3, 0.4) is 0 Å². The highest BCUT2D eigenvalue weighted by molar-refractivity contribution is 9.10. The number of nitro groups is 1. The molecule has 1 aromatic rings. The molecule has 0 radical (unpaired) electrons. The third kappa shape index (κ3) is 5.98. The van der Waals surface area contributed by atoms with Crippen LogP contribution in [-0.2, 0) is 4.74 Å². The predicted octanol–water partition coefficient (Wildman–Crippen LogP) is 3.23. The van der Waals surface area contributed by atoms with Crippen LogP contribution in [0.4, 0.5) is 11.5 Å². The minimum absolute atomic E-state index is 0.0449. The third-order valence-electron chi connectivity index (χ3n) is 2.41. The second kappa shape index (κ2) is 8.06. The summed E-state index contributed by atoms with van der Waals surface area (Å²) in [4.78, 5) is 14.4. The second-order valence-corrected chi connectivity index (χ2v) is 5.42. The molecule has 0 saturated carbocycles. The topological polar surface area (TPSA) is 77.3 Å². The highest BCUT2D eigenvalue weighted by Crippen LogP contribution is 2.24. The lowest BCUT2D eigenvalue weighted by Crippen LogP contribution is -2.12. The maximum atomic E-state index is 10.9. The van der Waals surface area contributed by atoms with Crippen molar-refractivity contribution in [3.63, 3.8) is 0 Å². The Bertz CT molecular complexity index is 427. The Morgan fingerprint density at radius 1 is 1.53 bits per heavy atom. The van der Waals surface area contributed by atoms with Crippen molar-refractivity contribution >= 4 is 27.4 Å².